The Morgan fingerprint density at radius 1 is 0.707 bits per heavy atom. The lowest BCUT2D eigenvalue weighted by Crippen LogP contribution is -2.39. The van der Waals surface area contributed by atoms with Crippen molar-refractivity contribution in [3.8, 4) is 0 Å². The Morgan fingerprint density at radius 2 is 1.24 bits per heavy atom. The van der Waals surface area contributed by atoms with Gasteiger partial charge >= 0.3 is 5.97 Å². The quantitative estimate of drug-likeness (QED) is 0.202. The standard InChI is InChI=1S/C33H35N2O4PS/c36-33(27-12-6-2-7-13-27)39-32(26-10-4-1-5-11-26)29-16-17-30(31(29)34-18-22-37-23-19-34)40(41,28-14-8-3-9-15-28)35-20-24-38-25-21-35/h1-15H,16-25H2/b32-29-. The molecule has 0 amide bonds. The van der Waals surface area contributed by atoms with E-state index in [0.717, 1.165) is 55.9 Å². The van der Waals surface area contributed by atoms with E-state index in [4.69, 9.17) is 26.0 Å². The molecule has 0 aromatic heterocycles. The average Bonchev–Trinajstić information content (AvgIpc) is 3.50. The fourth-order valence-corrected chi connectivity index (χ4v) is 10.5. The first-order valence-corrected chi connectivity index (χ1v) is 17.0. The molecule has 0 bridgehead atoms. The molecule has 3 aromatic rings. The van der Waals surface area contributed by atoms with Crippen LogP contribution in [0.4, 0.5) is 0 Å². The van der Waals surface area contributed by atoms with E-state index in [9.17, 15) is 4.79 Å². The van der Waals surface area contributed by atoms with Crippen molar-refractivity contribution in [3.05, 3.63) is 119 Å². The average molecular weight is 587 g/mol. The van der Waals surface area contributed by atoms with E-state index in [0.29, 0.717) is 37.8 Å². The van der Waals surface area contributed by atoms with Crippen molar-refractivity contribution in [1.29, 1.82) is 0 Å². The van der Waals surface area contributed by atoms with Crippen molar-refractivity contribution in [2.75, 3.05) is 52.6 Å². The number of rotatable bonds is 7. The number of carbonyl (C=O) groups excluding carboxylic acids is 1. The second-order valence-electron chi connectivity index (χ2n) is 10.3. The van der Waals surface area contributed by atoms with Crippen LogP contribution in [0.1, 0.15) is 28.8 Å². The Balaban J connectivity index is 1.56. The molecule has 1 unspecified atom stereocenters. The van der Waals surface area contributed by atoms with Crippen molar-refractivity contribution >= 4 is 35.0 Å². The zero-order valence-corrected chi connectivity index (χ0v) is 24.8. The van der Waals surface area contributed by atoms with Crippen molar-refractivity contribution in [2.45, 2.75) is 12.8 Å². The molecule has 41 heavy (non-hydrogen) atoms. The lowest BCUT2D eigenvalue weighted by atomic mass is 10.0. The maximum absolute atomic E-state index is 13.5. The molecule has 0 spiro atoms. The van der Waals surface area contributed by atoms with Crippen LogP contribution in [0.15, 0.2) is 108 Å². The molecule has 2 fully saturated rings. The molecule has 6 rings (SSSR count). The third-order valence-electron chi connectivity index (χ3n) is 7.87. The smallest absolute Gasteiger partial charge is 0.343 e. The van der Waals surface area contributed by atoms with Gasteiger partial charge in [-0.05, 0) is 25.0 Å². The Kier molecular flexibility index (Phi) is 8.80. The maximum Gasteiger partial charge on any atom is 0.343 e. The SMILES string of the molecule is O=C(O/C(=C1/CCC(P(=S)(c2ccccc2)N2CCOCC2)=C1N1CCOCC1)c1ccccc1)c1ccccc1. The van der Waals surface area contributed by atoms with E-state index in [-0.39, 0.29) is 5.97 Å². The van der Waals surface area contributed by atoms with Gasteiger partial charge in [-0.25, -0.2) is 4.79 Å². The molecule has 1 aliphatic carbocycles. The van der Waals surface area contributed by atoms with E-state index in [1.807, 2.05) is 48.5 Å². The lowest BCUT2D eigenvalue weighted by molar-refractivity contribution is 0.0543. The minimum absolute atomic E-state index is 0.359. The highest BCUT2D eigenvalue weighted by Gasteiger charge is 2.41. The van der Waals surface area contributed by atoms with Crippen molar-refractivity contribution < 1.29 is 19.0 Å². The predicted molar refractivity (Wildman–Crippen MR) is 167 cm³/mol. The third kappa shape index (κ3) is 5.83. The highest BCUT2D eigenvalue weighted by atomic mass is 32.4. The van der Waals surface area contributed by atoms with Gasteiger partial charge in [0.05, 0.1) is 38.2 Å². The maximum atomic E-state index is 13.5. The van der Waals surface area contributed by atoms with E-state index in [1.165, 1.54) is 10.6 Å². The Labute approximate surface area is 247 Å². The Hall–Kier alpha value is -3.06. The first kappa shape index (κ1) is 28.1. The summed E-state index contributed by atoms with van der Waals surface area (Å²) in [5, 5.41) is 2.49. The summed E-state index contributed by atoms with van der Waals surface area (Å²) in [4.78, 5) is 15.9. The van der Waals surface area contributed by atoms with Gasteiger partial charge in [0, 0.05) is 53.6 Å². The first-order chi connectivity index (χ1) is 20.2. The number of nitrogens with zero attached hydrogens (tertiary/aromatic N) is 2. The molecule has 212 valence electrons. The molecular formula is C33H35N2O4PS. The molecular weight excluding hydrogens is 551 g/mol. The molecule has 0 radical (unpaired) electrons. The molecule has 2 aliphatic heterocycles. The number of allylic oxidation sites excluding steroid dienone is 2. The highest BCUT2D eigenvalue weighted by molar-refractivity contribution is 8.19. The summed E-state index contributed by atoms with van der Waals surface area (Å²) in [6, 6.07) is 29.8. The fourth-order valence-electron chi connectivity index (χ4n) is 5.90. The first-order valence-electron chi connectivity index (χ1n) is 14.3. The van der Waals surface area contributed by atoms with Gasteiger partial charge in [-0.3, -0.25) is 4.67 Å². The zero-order valence-electron chi connectivity index (χ0n) is 23.1. The number of esters is 1. The number of morpholine rings is 2. The minimum atomic E-state index is -2.37. The van der Waals surface area contributed by atoms with Crippen LogP contribution in [-0.4, -0.2) is 68.1 Å². The Morgan fingerprint density at radius 3 is 1.85 bits per heavy atom. The van der Waals surface area contributed by atoms with E-state index in [2.05, 4.69) is 39.9 Å². The summed E-state index contributed by atoms with van der Waals surface area (Å²) in [7, 11) is 0. The molecule has 0 saturated carbocycles. The number of benzene rings is 3. The van der Waals surface area contributed by atoms with Crippen LogP contribution in [-0.2, 0) is 26.0 Å². The van der Waals surface area contributed by atoms with E-state index in [1.54, 1.807) is 12.1 Å². The van der Waals surface area contributed by atoms with E-state index >= 15 is 0 Å². The second-order valence-corrected chi connectivity index (χ2v) is 14.7. The molecule has 0 N–H and O–H groups in total. The van der Waals surface area contributed by atoms with Gasteiger partial charge in [0.2, 0.25) is 0 Å². The topological polar surface area (TPSA) is 51.2 Å². The summed E-state index contributed by atoms with van der Waals surface area (Å²) >= 11 is 6.85. The van der Waals surface area contributed by atoms with Crippen LogP contribution in [0.2, 0.25) is 0 Å². The summed E-state index contributed by atoms with van der Waals surface area (Å²) in [5.41, 5.74) is 3.61. The number of ether oxygens (including phenoxy) is 3. The Bertz CT molecular complexity index is 1460. The van der Waals surface area contributed by atoms with Crippen LogP contribution < -0.4 is 5.30 Å². The molecule has 1 atom stereocenters. The highest BCUT2D eigenvalue weighted by Crippen LogP contribution is 2.63. The van der Waals surface area contributed by atoms with Crippen LogP contribution in [0.3, 0.4) is 0 Å². The molecule has 2 saturated heterocycles. The molecule has 8 heteroatoms. The monoisotopic (exact) mass is 586 g/mol. The van der Waals surface area contributed by atoms with Gasteiger partial charge in [-0.2, -0.15) is 0 Å². The summed E-state index contributed by atoms with van der Waals surface area (Å²) in [5.74, 6) is 0.259. The summed E-state index contributed by atoms with van der Waals surface area (Å²) in [6.45, 7) is 5.81. The summed E-state index contributed by atoms with van der Waals surface area (Å²) in [6.07, 6.45) is -0.791. The largest absolute Gasteiger partial charge is 0.422 e. The van der Waals surface area contributed by atoms with Crippen molar-refractivity contribution in [1.82, 2.24) is 9.57 Å². The zero-order chi connectivity index (χ0) is 28.1. The van der Waals surface area contributed by atoms with Gasteiger partial charge in [-0.15, -0.1) is 0 Å². The number of hydrogen-bond acceptors (Lipinski definition) is 6. The normalized spacial score (nSPS) is 20.9. The van der Waals surface area contributed by atoms with Crippen LogP contribution in [0.5, 0.6) is 0 Å². The van der Waals surface area contributed by atoms with Gasteiger partial charge in [0.1, 0.15) is 5.76 Å². The van der Waals surface area contributed by atoms with Gasteiger partial charge in [0.15, 0.2) is 0 Å². The predicted octanol–water partition coefficient (Wildman–Crippen LogP) is 5.64. The number of carbonyl (C=O) groups is 1. The van der Waals surface area contributed by atoms with Gasteiger partial charge in [-0.1, -0.05) is 90.7 Å². The van der Waals surface area contributed by atoms with Gasteiger partial charge in [0.25, 0.3) is 0 Å². The minimum Gasteiger partial charge on any atom is -0.422 e. The number of hydrogen-bond donors (Lipinski definition) is 0. The molecule has 3 aromatic carbocycles. The molecule has 2 heterocycles. The second kappa shape index (κ2) is 12.8. The summed E-state index contributed by atoms with van der Waals surface area (Å²) < 4.78 is 20.4. The molecule has 6 nitrogen and oxygen atoms in total. The van der Waals surface area contributed by atoms with Gasteiger partial charge < -0.3 is 19.1 Å². The van der Waals surface area contributed by atoms with Crippen LogP contribution in [0.25, 0.3) is 5.76 Å². The van der Waals surface area contributed by atoms with Crippen molar-refractivity contribution in [3.63, 3.8) is 0 Å². The molecule has 3 aliphatic rings. The van der Waals surface area contributed by atoms with E-state index < -0.39 is 6.19 Å². The lowest BCUT2D eigenvalue weighted by Gasteiger charge is -2.41. The van der Waals surface area contributed by atoms with Crippen LogP contribution in [0, 0.1) is 0 Å². The fraction of sp³-hybridized carbons (Fsp3) is 0.303. The third-order valence-corrected chi connectivity index (χ3v) is 13.2. The van der Waals surface area contributed by atoms with Crippen LogP contribution >= 0.6 is 6.19 Å². The van der Waals surface area contributed by atoms with Crippen molar-refractivity contribution in [2.24, 2.45) is 0 Å².